The van der Waals surface area contributed by atoms with Gasteiger partial charge in [-0.05, 0) is 25.0 Å². The van der Waals surface area contributed by atoms with E-state index in [1.54, 1.807) is 11.3 Å². The Morgan fingerprint density at radius 2 is 2.44 bits per heavy atom. The molecule has 2 nitrogen and oxygen atoms in total. The van der Waals surface area contributed by atoms with Gasteiger partial charge in [0.25, 0.3) is 0 Å². The van der Waals surface area contributed by atoms with Crippen molar-refractivity contribution in [1.29, 1.82) is 0 Å². The van der Waals surface area contributed by atoms with Crippen molar-refractivity contribution in [2.75, 3.05) is 12.3 Å². The van der Waals surface area contributed by atoms with E-state index in [0.717, 1.165) is 24.8 Å². The summed E-state index contributed by atoms with van der Waals surface area (Å²) in [6.45, 7) is 4.24. The lowest BCUT2D eigenvalue weighted by atomic mass is 10.2. The fraction of sp³-hybridized carbons (Fsp3) is 0.750. The maximum atomic E-state index is 4.56. The van der Waals surface area contributed by atoms with E-state index in [2.05, 4.69) is 34.4 Å². The van der Waals surface area contributed by atoms with Gasteiger partial charge in [-0.2, -0.15) is 11.8 Å². The maximum absolute atomic E-state index is 4.56. The molecular weight excluding hydrogens is 236 g/mol. The van der Waals surface area contributed by atoms with Crippen molar-refractivity contribution in [3.05, 3.63) is 16.1 Å². The summed E-state index contributed by atoms with van der Waals surface area (Å²) in [6.07, 6.45) is 5.27. The van der Waals surface area contributed by atoms with Crippen LogP contribution in [0.15, 0.2) is 5.38 Å². The molecular formula is C12H20N2S2. The highest BCUT2D eigenvalue weighted by molar-refractivity contribution is 7.99. The van der Waals surface area contributed by atoms with Crippen LogP contribution in [0.5, 0.6) is 0 Å². The molecule has 1 unspecified atom stereocenters. The van der Waals surface area contributed by atoms with E-state index in [-0.39, 0.29) is 0 Å². The molecule has 1 aromatic rings. The first-order chi connectivity index (χ1) is 7.88. The number of nitrogens with zero attached hydrogens (tertiary/aromatic N) is 1. The molecule has 1 N–H and O–H groups in total. The highest BCUT2D eigenvalue weighted by Gasteiger charge is 2.13. The summed E-state index contributed by atoms with van der Waals surface area (Å²) in [5.41, 5.74) is 1.21. The minimum atomic E-state index is 0.832. The van der Waals surface area contributed by atoms with Gasteiger partial charge in [-0.15, -0.1) is 11.3 Å². The largest absolute Gasteiger partial charge is 0.310 e. The van der Waals surface area contributed by atoms with E-state index in [1.165, 1.54) is 35.7 Å². The molecule has 4 heteroatoms. The van der Waals surface area contributed by atoms with Crippen molar-refractivity contribution < 1.29 is 0 Å². The third-order valence-corrected chi connectivity index (χ3v) is 5.29. The fourth-order valence-corrected chi connectivity index (χ4v) is 3.94. The van der Waals surface area contributed by atoms with E-state index in [0.29, 0.717) is 0 Å². The molecule has 0 amide bonds. The van der Waals surface area contributed by atoms with E-state index in [4.69, 9.17) is 0 Å². The van der Waals surface area contributed by atoms with Crippen molar-refractivity contribution in [1.82, 2.24) is 10.3 Å². The molecule has 0 radical (unpaired) electrons. The lowest BCUT2D eigenvalue weighted by molar-refractivity contribution is 0.594. The van der Waals surface area contributed by atoms with Crippen molar-refractivity contribution >= 4 is 23.1 Å². The molecule has 1 saturated heterocycles. The van der Waals surface area contributed by atoms with Crippen LogP contribution in [0.25, 0.3) is 0 Å². The van der Waals surface area contributed by atoms with Gasteiger partial charge >= 0.3 is 0 Å². The Bertz CT molecular complexity index is 306. The van der Waals surface area contributed by atoms with Gasteiger partial charge in [0.05, 0.1) is 10.7 Å². The van der Waals surface area contributed by atoms with E-state index in [1.807, 2.05) is 0 Å². The van der Waals surface area contributed by atoms with Crippen LogP contribution in [0.3, 0.4) is 0 Å². The second kappa shape index (κ2) is 6.62. The van der Waals surface area contributed by atoms with Gasteiger partial charge in [0.2, 0.25) is 0 Å². The van der Waals surface area contributed by atoms with Gasteiger partial charge in [0.1, 0.15) is 0 Å². The van der Waals surface area contributed by atoms with Crippen molar-refractivity contribution in [3.63, 3.8) is 0 Å². The predicted molar refractivity (Wildman–Crippen MR) is 73.3 cm³/mol. The van der Waals surface area contributed by atoms with Gasteiger partial charge in [0, 0.05) is 23.7 Å². The molecule has 1 atom stereocenters. The molecule has 0 saturated carbocycles. The molecule has 0 bridgehead atoms. The first kappa shape index (κ1) is 12.4. The maximum Gasteiger partial charge on any atom is 0.0926 e. The number of hydrogen-bond donors (Lipinski definition) is 1. The zero-order chi connectivity index (χ0) is 11.2. The molecule has 16 heavy (non-hydrogen) atoms. The van der Waals surface area contributed by atoms with Crippen LogP contribution < -0.4 is 5.32 Å². The molecule has 1 aromatic heterocycles. The SMILES string of the molecule is CCc1nc(CNCC2CCCCS2)cs1. The quantitative estimate of drug-likeness (QED) is 0.876. The first-order valence-electron chi connectivity index (χ1n) is 6.14. The van der Waals surface area contributed by atoms with Gasteiger partial charge in [-0.3, -0.25) is 0 Å². The minimum absolute atomic E-state index is 0.832. The number of aromatic nitrogens is 1. The Balaban J connectivity index is 1.66. The summed E-state index contributed by atoms with van der Waals surface area (Å²) in [4.78, 5) is 4.56. The normalized spacial score (nSPS) is 21.2. The number of thioether (sulfide) groups is 1. The summed E-state index contributed by atoms with van der Waals surface area (Å²) in [6, 6.07) is 0. The topological polar surface area (TPSA) is 24.9 Å². The monoisotopic (exact) mass is 256 g/mol. The summed E-state index contributed by atoms with van der Waals surface area (Å²) < 4.78 is 0. The summed E-state index contributed by atoms with van der Waals surface area (Å²) in [7, 11) is 0. The van der Waals surface area contributed by atoms with Gasteiger partial charge in [-0.1, -0.05) is 13.3 Å². The van der Waals surface area contributed by atoms with Crippen LogP contribution in [0, 0.1) is 0 Å². The second-order valence-electron chi connectivity index (χ2n) is 4.21. The highest BCUT2D eigenvalue weighted by atomic mass is 32.2. The molecule has 0 aliphatic carbocycles. The van der Waals surface area contributed by atoms with Gasteiger partial charge in [-0.25, -0.2) is 4.98 Å². The molecule has 2 rings (SSSR count). The lowest BCUT2D eigenvalue weighted by Crippen LogP contribution is -2.26. The number of rotatable bonds is 5. The van der Waals surface area contributed by atoms with Crippen LogP contribution in [-0.4, -0.2) is 22.5 Å². The van der Waals surface area contributed by atoms with Crippen LogP contribution >= 0.6 is 23.1 Å². The molecule has 0 spiro atoms. The number of nitrogens with one attached hydrogen (secondary N) is 1. The van der Waals surface area contributed by atoms with Gasteiger partial charge < -0.3 is 5.32 Å². The number of hydrogen-bond acceptors (Lipinski definition) is 4. The van der Waals surface area contributed by atoms with Crippen LogP contribution in [0.1, 0.15) is 36.9 Å². The van der Waals surface area contributed by atoms with Gasteiger partial charge in [0.15, 0.2) is 0 Å². The van der Waals surface area contributed by atoms with Crippen molar-refractivity contribution in [3.8, 4) is 0 Å². The zero-order valence-corrected chi connectivity index (χ0v) is 11.5. The average Bonchev–Trinajstić information content (AvgIpc) is 2.78. The summed E-state index contributed by atoms with van der Waals surface area (Å²) in [5, 5.41) is 7.80. The Morgan fingerprint density at radius 1 is 1.50 bits per heavy atom. The smallest absolute Gasteiger partial charge is 0.0926 e. The Labute approximate surface area is 106 Å². The van der Waals surface area contributed by atoms with E-state index in [9.17, 15) is 0 Å². The number of thiazole rings is 1. The fourth-order valence-electron chi connectivity index (χ4n) is 1.92. The van der Waals surface area contributed by atoms with E-state index >= 15 is 0 Å². The third-order valence-electron chi connectivity index (χ3n) is 2.85. The first-order valence-corrected chi connectivity index (χ1v) is 8.07. The molecule has 1 aliphatic rings. The highest BCUT2D eigenvalue weighted by Crippen LogP contribution is 2.24. The standard InChI is InChI=1S/C12H20N2S2/c1-2-12-14-10(9-16-12)7-13-8-11-5-3-4-6-15-11/h9,11,13H,2-8H2,1H3. The second-order valence-corrected chi connectivity index (χ2v) is 6.56. The van der Waals surface area contributed by atoms with Crippen LogP contribution in [-0.2, 0) is 13.0 Å². The third kappa shape index (κ3) is 3.75. The average molecular weight is 256 g/mol. The Hall–Kier alpha value is -0.0600. The molecule has 1 aliphatic heterocycles. The lowest BCUT2D eigenvalue weighted by Gasteiger charge is -2.21. The number of aryl methyl sites for hydroxylation is 1. The predicted octanol–water partition coefficient (Wildman–Crippen LogP) is 3.08. The summed E-state index contributed by atoms with van der Waals surface area (Å²) in [5.74, 6) is 1.35. The Morgan fingerprint density at radius 3 is 3.12 bits per heavy atom. The van der Waals surface area contributed by atoms with Crippen molar-refractivity contribution in [2.24, 2.45) is 0 Å². The molecule has 0 aromatic carbocycles. The summed E-state index contributed by atoms with van der Waals surface area (Å²) >= 11 is 3.91. The van der Waals surface area contributed by atoms with Crippen LogP contribution in [0.4, 0.5) is 0 Å². The van der Waals surface area contributed by atoms with Crippen LogP contribution in [0.2, 0.25) is 0 Å². The Kier molecular flexibility index (Phi) is 5.13. The minimum Gasteiger partial charge on any atom is -0.310 e. The molecule has 1 fully saturated rings. The van der Waals surface area contributed by atoms with Crippen molar-refractivity contribution in [2.45, 2.75) is 44.4 Å². The van der Waals surface area contributed by atoms with E-state index < -0.39 is 0 Å². The molecule has 90 valence electrons. The molecule has 2 heterocycles. The zero-order valence-electron chi connectivity index (χ0n) is 9.87.